The van der Waals surface area contributed by atoms with Crippen molar-refractivity contribution in [3.8, 4) is 11.5 Å². The van der Waals surface area contributed by atoms with Crippen molar-refractivity contribution in [2.24, 2.45) is 11.7 Å². The number of carbonyl (C=O) groups excluding carboxylic acids is 11. The Labute approximate surface area is 582 Å². The van der Waals surface area contributed by atoms with E-state index in [1.807, 2.05) is 68.5 Å². The van der Waals surface area contributed by atoms with E-state index < -0.39 is 89.5 Å². The van der Waals surface area contributed by atoms with E-state index in [2.05, 4.69) is 20.9 Å². The van der Waals surface area contributed by atoms with E-state index in [1.54, 1.807) is 66.9 Å². The van der Waals surface area contributed by atoms with Gasteiger partial charge in [0, 0.05) is 112 Å². The second-order valence-corrected chi connectivity index (χ2v) is 27.1. The molecule has 4 aromatic carbocycles. The van der Waals surface area contributed by atoms with Crippen LogP contribution in [0.25, 0.3) is 10.9 Å². The molecule has 0 radical (unpaired) electrons. The van der Waals surface area contributed by atoms with Crippen LogP contribution in [-0.4, -0.2) is 236 Å². The number of nitrogens with one attached hydrogen (secondary N) is 4. The minimum atomic E-state index is -1.52. The predicted octanol–water partition coefficient (Wildman–Crippen LogP) is 4.14. The van der Waals surface area contributed by atoms with E-state index in [0.29, 0.717) is 84.6 Å². The molecule has 5 aromatic rings. The first-order valence-electron chi connectivity index (χ1n) is 33.5. The summed E-state index contributed by atoms with van der Waals surface area (Å²) in [4.78, 5) is 162. The zero-order valence-electron chi connectivity index (χ0n) is 58.3. The minimum absolute atomic E-state index is 0.0693. The Bertz CT molecular complexity index is 3720. The van der Waals surface area contributed by atoms with Gasteiger partial charge in [-0.05, 0) is 141 Å². The molecule has 1 aromatic heterocycles. The van der Waals surface area contributed by atoms with Crippen molar-refractivity contribution in [3.05, 3.63) is 130 Å². The molecule has 0 saturated carbocycles. The highest BCUT2D eigenvalue weighted by Crippen LogP contribution is 2.56. The number of H-pyrrole nitrogens is 1. The van der Waals surface area contributed by atoms with Gasteiger partial charge in [-0.1, -0.05) is 60.7 Å². The first-order chi connectivity index (χ1) is 47.2. The Morgan fingerprint density at radius 2 is 1.29 bits per heavy atom. The number of aliphatic hydroxyl groups excluding tert-OH is 1. The number of thioether (sulfide) groups is 1. The highest BCUT2D eigenvalue weighted by Gasteiger charge is 2.53. The van der Waals surface area contributed by atoms with Gasteiger partial charge in [-0.15, -0.1) is 0 Å². The van der Waals surface area contributed by atoms with Crippen molar-refractivity contribution < 1.29 is 72.1 Å². The van der Waals surface area contributed by atoms with Crippen LogP contribution in [-0.2, 0) is 82.3 Å². The summed E-state index contributed by atoms with van der Waals surface area (Å²) in [5.74, 6) is -5.24. The molecule has 0 saturated heterocycles. The number of aliphatic hydroxyl groups is 1. The standard InChI is InChI=1S/C73H96N10O15S/c1-46(84)43-81(30-14-28-79(4)5)67(91)45-83(32-16-33-96-8)68(92)44-82(31-15-29-80(6)7)66(90)42-76-65(89)26-23-53(86)35-49-21-24-57-63(37-49)97-64-38-50(22-25-58(64)73(57)56-19-12-10-18-55(56)72(95)98-73)36-61(87)60(39-52-41-75-59-20-13-11-17-54(52)59)77-71(94)51(27-34-99-9)40-62(88)69(48(3)85)78-70(93)47(2)74/h10-13,17-22,24-25,37-38,41,47-48,51,60,69,75,85H,14-16,23,26-36,39-40,42-45,74H2,1-9H3,(H,76,89)(H,77,94)(H,78,93)/t47-,48?,51+,60-,69-,73?/m0/s1. The van der Waals surface area contributed by atoms with E-state index in [0.717, 1.165) is 16.5 Å². The molecule has 534 valence electrons. The molecule has 2 aliphatic heterocycles. The van der Waals surface area contributed by atoms with Crippen LogP contribution in [0.1, 0.15) is 109 Å². The molecule has 3 heterocycles. The number of Topliss-reactive ketones (excluding diaryl/α,β-unsaturated/α-hetero) is 4. The van der Waals surface area contributed by atoms with Crippen molar-refractivity contribution in [1.82, 2.24) is 45.4 Å². The molecule has 7 rings (SSSR count). The summed E-state index contributed by atoms with van der Waals surface area (Å²) in [5, 5.41) is 19.5. The minimum Gasteiger partial charge on any atom is -0.456 e. The molecule has 0 bridgehead atoms. The van der Waals surface area contributed by atoms with Gasteiger partial charge in [-0.25, -0.2) is 4.79 Å². The van der Waals surface area contributed by atoms with Gasteiger partial charge in [0.05, 0.1) is 49.9 Å². The third-order valence-electron chi connectivity index (χ3n) is 17.5. The van der Waals surface area contributed by atoms with Crippen LogP contribution in [0.5, 0.6) is 11.5 Å². The Morgan fingerprint density at radius 3 is 1.90 bits per heavy atom. The number of methoxy groups -OCH3 is 1. The van der Waals surface area contributed by atoms with Crippen molar-refractivity contribution in [3.63, 3.8) is 0 Å². The maximum absolute atomic E-state index is 14.9. The average molecular weight is 1390 g/mol. The lowest BCUT2D eigenvalue weighted by molar-refractivity contribution is -0.145. The monoisotopic (exact) mass is 1380 g/mol. The van der Waals surface area contributed by atoms with Gasteiger partial charge in [0.2, 0.25) is 35.4 Å². The van der Waals surface area contributed by atoms with Gasteiger partial charge in [0.1, 0.15) is 29.1 Å². The van der Waals surface area contributed by atoms with Gasteiger partial charge in [0.15, 0.2) is 17.2 Å². The Balaban J connectivity index is 1.06. The summed E-state index contributed by atoms with van der Waals surface area (Å²) in [5.41, 5.74) is 8.60. The van der Waals surface area contributed by atoms with Crippen molar-refractivity contribution in [2.75, 3.05) is 113 Å². The second-order valence-electron chi connectivity index (χ2n) is 26.1. The molecular weight excluding hydrogens is 1290 g/mol. The Hall–Kier alpha value is -8.66. The van der Waals surface area contributed by atoms with Gasteiger partial charge in [0.25, 0.3) is 0 Å². The van der Waals surface area contributed by atoms with Crippen LogP contribution in [0.2, 0.25) is 0 Å². The van der Waals surface area contributed by atoms with Crippen LogP contribution in [0.15, 0.2) is 91.1 Å². The van der Waals surface area contributed by atoms with Crippen LogP contribution in [0, 0.1) is 5.92 Å². The number of nitrogens with zero attached hydrogens (tertiary/aromatic N) is 5. The Kier molecular flexibility index (Phi) is 29.0. The predicted molar refractivity (Wildman–Crippen MR) is 375 cm³/mol. The fourth-order valence-corrected chi connectivity index (χ4v) is 12.8. The lowest BCUT2D eigenvalue weighted by atomic mass is 9.77. The smallest absolute Gasteiger partial charge is 0.340 e. The van der Waals surface area contributed by atoms with E-state index >= 15 is 0 Å². The molecule has 0 aliphatic carbocycles. The number of rotatable bonds is 41. The third-order valence-corrected chi connectivity index (χ3v) is 18.1. The SMILES string of the molecule is COCCCN(CC(=O)N(CCCN(C)C)CC(C)=O)C(=O)CN(CCCN(C)C)C(=O)CNC(=O)CCC(=O)Cc1ccc2c(c1)Oc1cc(CC(=O)[C@H](Cc3c[nH]c4ccccc34)NC(=O)[C@H](CCSC)CC(=O)[C@@H](NC(=O)[C@H](C)N)C(C)O)ccc1C21OC(=O)c2ccccc21. The fraction of sp³-hybridized carbons (Fsp3) is 0.493. The summed E-state index contributed by atoms with van der Waals surface area (Å²) < 4.78 is 18.3. The average Bonchev–Trinajstić information content (AvgIpc) is 1.60. The number of para-hydroxylation sites is 1. The molecule has 25 nitrogen and oxygen atoms in total. The number of amides is 6. The van der Waals surface area contributed by atoms with Crippen molar-refractivity contribution in [1.29, 1.82) is 0 Å². The Morgan fingerprint density at radius 1 is 0.697 bits per heavy atom. The molecular formula is C73H96N10O15S. The summed E-state index contributed by atoms with van der Waals surface area (Å²) in [7, 11) is 9.09. The van der Waals surface area contributed by atoms with Gasteiger partial charge < -0.3 is 70.5 Å². The summed E-state index contributed by atoms with van der Waals surface area (Å²) in [6.45, 7) is 5.17. The number of carbonyl (C=O) groups is 11. The molecule has 0 fully saturated rings. The van der Waals surface area contributed by atoms with Gasteiger partial charge in [-0.2, -0.15) is 11.8 Å². The first kappa shape index (κ1) is 77.7. The second kappa shape index (κ2) is 37.0. The molecule has 6 amide bonds. The normalized spacial score (nSPS) is 15.1. The number of ether oxygens (including phenoxy) is 3. The summed E-state index contributed by atoms with van der Waals surface area (Å²) in [6.07, 6.45) is 3.02. The van der Waals surface area contributed by atoms with E-state index in [-0.39, 0.29) is 107 Å². The maximum Gasteiger partial charge on any atom is 0.340 e. The van der Waals surface area contributed by atoms with Crippen molar-refractivity contribution in [2.45, 2.75) is 115 Å². The van der Waals surface area contributed by atoms with Gasteiger partial charge >= 0.3 is 5.97 Å². The number of esters is 1. The zero-order chi connectivity index (χ0) is 72.1. The first-order valence-corrected chi connectivity index (χ1v) is 34.9. The van der Waals surface area contributed by atoms with E-state index in [4.69, 9.17) is 19.9 Å². The molecule has 6 atom stereocenters. The zero-order valence-corrected chi connectivity index (χ0v) is 59.1. The van der Waals surface area contributed by atoms with Crippen LogP contribution < -0.4 is 26.4 Å². The fourth-order valence-electron chi connectivity index (χ4n) is 12.2. The van der Waals surface area contributed by atoms with Gasteiger partial charge in [-0.3, -0.25) is 47.9 Å². The number of hydrogen-bond donors (Lipinski definition) is 6. The molecule has 2 unspecified atom stereocenters. The molecule has 2 aliphatic rings. The highest BCUT2D eigenvalue weighted by molar-refractivity contribution is 7.98. The number of ketones is 4. The third kappa shape index (κ3) is 21.4. The largest absolute Gasteiger partial charge is 0.456 e. The number of hydrogen-bond acceptors (Lipinski definition) is 19. The number of aromatic nitrogens is 1. The van der Waals surface area contributed by atoms with Crippen LogP contribution in [0.4, 0.5) is 0 Å². The summed E-state index contributed by atoms with van der Waals surface area (Å²) in [6, 6.07) is 21.4. The molecule has 99 heavy (non-hydrogen) atoms. The quantitative estimate of drug-likeness (QED) is 0.0237. The highest BCUT2D eigenvalue weighted by atomic mass is 32.2. The topological polar surface area (TPSA) is 330 Å². The molecule has 26 heteroatoms. The summed E-state index contributed by atoms with van der Waals surface area (Å²) >= 11 is 1.47. The molecule has 1 spiro atoms. The number of nitrogens with two attached hydrogens (primary N) is 1. The van der Waals surface area contributed by atoms with E-state index in [1.165, 1.54) is 54.3 Å². The number of benzene rings is 4. The van der Waals surface area contributed by atoms with Crippen LogP contribution in [0.3, 0.4) is 0 Å². The van der Waals surface area contributed by atoms with E-state index in [9.17, 15) is 57.8 Å². The lowest BCUT2D eigenvalue weighted by Crippen LogP contribution is -2.53. The van der Waals surface area contributed by atoms with Crippen molar-refractivity contribution >= 4 is 87.2 Å². The number of fused-ring (bicyclic) bond motifs is 7. The number of aromatic amines is 1. The maximum atomic E-state index is 14.9. The van der Waals surface area contributed by atoms with Crippen LogP contribution >= 0.6 is 11.8 Å². The molecule has 7 N–H and O–H groups in total. The lowest BCUT2D eigenvalue weighted by Gasteiger charge is -2.37.